The van der Waals surface area contributed by atoms with Gasteiger partial charge in [0.1, 0.15) is 5.78 Å². The largest absolute Gasteiger partial charge is 0.493 e. The molecular formula is C24H36FNO3S. The summed E-state index contributed by atoms with van der Waals surface area (Å²) in [6, 6.07) is 4.34. The Labute approximate surface area is 184 Å². The van der Waals surface area contributed by atoms with E-state index in [4.69, 9.17) is 9.47 Å². The molecular weight excluding hydrogens is 401 g/mol. The van der Waals surface area contributed by atoms with Crippen molar-refractivity contribution in [2.75, 3.05) is 45.5 Å². The Balaban J connectivity index is 1.47. The van der Waals surface area contributed by atoms with Crippen molar-refractivity contribution in [1.29, 1.82) is 0 Å². The maximum Gasteiger partial charge on any atom is 0.161 e. The van der Waals surface area contributed by atoms with Gasteiger partial charge in [0.15, 0.2) is 11.5 Å². The van der Waals surface area contributed by atoms with Crippen LogP contribution in [0.1, 0.15) is 62.1 Å². The van der Waals surface area contributed by atoms with E-state index < -0.39 is 0 Å². The lowest BCUT2D eigenvalue weighted by molar-refractivity contribution is -0.129. The lowest BCUT2D eigenvalue weighted by Gasteiger charge is -2.43. The molecule has 0 aromatic heterocycles. The van der Waals surface area contributed by atoms with Crippen LogP contribution in [0.25, 0.3) is 0 Å². The van der Waals surface area contributed by atoms with Gasteiger partial charge < -0.3 is 9.47 Å². The van der Waals surface area contributed by atoms with E-state index in [1.165, 1.54) is 36.8 Å². The fourth-order valence-electron chi connectivity index (χ4n) is 4.81. The zero-order chi connectivity index (χ0) is 21.3. The molecule has 0 bridgehead atoms. The highest BCUT2D eigenvalue weighted by molar-refractivity contribution is 7.99. The zero-order valence-electron chi connectivity index (χ0n) is 18.5. The van der Waals surface area contributed by atoms with Crippen molar-refractivity contribution in [3.05, 3.63) is 23.3 Å². The molecule has 4 nitrogen and oxygen atoms in total. The number of hydrogen-bond donors (Lipinski definition) is 0. The van der Waals surface area contributed by atoms with Crippen molar-refractivity contribution in [2.45, 2.75) is 57.4 Å². The Kier molecular flexibility index (Phi) is 9.31. The highest BCUT2D eigenvalue weighted by atomic mass is 32.2. The normalized spacial score (nSPS) is 21.2. The second kappa shape index (κ2) is 11.9. The molecule has 2 aliphatic rings. The van der Waals surface area contributed by atoms with Crippen LogP contribution >= 0.6 is 11.8 Å². The molecule has 1 saturated heterocycles. The average Bonchev–Trinajstić information content (AvgIpc) is 2.77. The Bertz CT molecular complexity index is 699. The van der Waals surface area contributed by atoms with Gasteiger partial charge in [0.25, 0.3) is 0 Å². The van der Waals surface area contributed by atoms with E-state index in [2.05, 4.69) is 17.0 Å². The number of methoxy groups -OCH3 is 2. The van der Waals surface area contributed by atoms with Crippen LogP contribution in [-0.4, -0.2) is 56.2 Å². The van der Waals surface area contributed by atoms with E-state index in [1.807, 2.05) is 0 Å². The number of fused-ring (bicyclic) bond motifs is 3. The van der Waals surface area contributed by atoms with Crippen LogP contribution in [0.4, 0.5) is 4.39 Å². The topological polar surface area (TPSA) is 38.8 Å². The first-order chi connectivity index (χ1) is 14.7. The lowest BCUT2D eigenvalue weighted by Crippen LogP contribution is -2.46. The molecule has 0 radical (unpaired) electrons. The zero-order valence-corrected chi connectivity index (χ0v) is 19.3. The maximum atomic E-state index is 12.9. The highest BCUT2D eigenvalue weighted by Gasteiger charge is 2.38. The number of carbonyl (C=O) groups is 1. The standard InChI is InChI=1S/C24H36FNO3S/c1-28-23-14-18-9-11-26-17-19(8-6-4-3-5-7-12-30-13-10-25)22(27)16-21(26)20(18)15-24(23)29-2/h14-15,19,21H,3-13,16-17H2,1-2H3/t19-,21-/m0/s1/i25+0. The number of carbonyl (C=O) groups excluding carboxylic acids is 1. The summed E-state index contributed by atoms with van der Waals surface area (Å²) < 4.78 is 23.0. The lowest BCUT2D eigenvalue weighted by atomic mass is 9.81. The maximum absolute atomic E-state index is 12.9. The molecule has 30 heavy (non-hydrogen) atoms. The summed E-state index contributed by atoms with van der Waals surface area (Å²) in [4.78, 5) is 15.4. The molecule has 1 aromatic rings. The molecule has 0 aliphatic carbocycles. The van der Waals surface area contributed by atoms with Gasteiger partial charge in [0.2, 0.25) is 0 Å². The van der Waals surface area contributed by atoms with Gasteiger partial charge in [0, 0.05) is 37.2 Å². The summed E-state index contributed by atoms with van der Waals surface area (Å²) in [5.74, 6) is 3.82. The molecule has 2 atom stereocenters. The van der Waals surface area contributed by atoms with Crippen molar-refractivity contribution < 1.29 is 18.7 Å². The molecule has 3 rings (SSSR count). The van der Waals surface area contributed by atoms with Gasteiger partial charge in [-0.3, -0.25) is 14.1 Å². The van der Waals surface area contributed by atoms with Gasteiger partial charge in [0.05, 0.1) is 20.9 Å². The van der Waals surface area contributed by atoms with E-state index in [0.717, 1.165) is 49.6 Å². The minimum Gasteiger partial charge on any atom is -0.493 e. The summed E-state index contributed by atoms with van der Waals surface area (Å²) in [5, 5.41) is 0. The molecule has 0 amide bonds. The van der Waals surface area contributed by atoms with Gasteiger partial charge in [-0.1, -0.05) is 25.7 Å². The first kappa shape index (κ1) is 23.4. The third-order valence-corrected chi connectivity index (χ3v) is 7.50. The number of hydrogen-bond acceptors (Lipinski definition) is 5. The Morgan fingerprint density at radius 3 is 2.57 bits per heavy atom. The number of ether oxygens (including phenoxy) is 2. The molecule has 6 heteroatoms. The third-order valence-electron chi connectivity index (χ3n) is 6.48. The number of thioether (sulfide) groups is 1. The predicted molar refractivity (Wildman–Crippen MR) is 122 cm³/mol. The second-order valence-electron chi connectivity index (χ2n) is 8.39. The fourth-order valence-corrected chi connectivity index (χ4v) is 5.54. The van der Waals surface area contributed by atoms with Crippen LogP contribution in [0, 0.1) is 5.92 Å². The molecule has 1 fully saturated rings. The highest BCUT2D eigenvalue weighted by Crippen LogP contribution is 2.42. The van der Waals surface area contributed by atoms with Gasteiger partial charge in [-0.15, -0.1) is 0 Å². The molecule has 2 aliphatic heterocycles. The first-order valence-electron chi connectivity index (χ1n) is 11.3. The van der Waals surface area contributed by atoms with E-state index in [0.29, 0.717) is 18.0 Å². The number of ketones is 1. The number of benzene rings is 1. The quantitative estimate of drug-likeness (QED) is 0.418. The first-order valence-corrected chi connectivity index (χ1v) is 12.5. The summed E-state index contributed by atoms with van der Waals surface area (Å²) in [5.41, 5.74) is 2.51. The van der Waals surface area contributed by atoms with Crippen LogP contribution in [0.5, 0.6) is 11.5 Å². The Morgan fingerprint density at radius 1 is 1.07 bits per heavy atom. The number of Topliss-reactive ketones (excluding diaryl/α,β-unsaturated/α-hetero) is 1. The monoisotopic (exact) mass is 437 g/mol. The van der Waals surface area contributed by atoms with E-state index >= 15 is 0 Å². The van der Waals surface area contributed by atoms with Crippen LogP contribution in [0.15, 0.2) is 12.1 Å². The summed E-state index contributed by atoms with van der Waals surface area (Å²) in [6.07, 6.45) is 8.56. The Morgan fingerprint density at radius 2 is 1.80 bits per heavy atom. The predicted octanol–water partition coefficient (Wildman–Crippen LogP) is 5.24. The van der Waals surface area contributed by atoms with Crippen LogP contribution < -0.4 is 9.47 Å². The van der Waals surface area contributed by atoms with E-state index in [1.54, 1.807) is 26.0 Å². The summed E-state index contributed by atoms with van der Waals surface area (Å²) >= 11 is 1.71. The summed E-state index contributed by atoms with van der Waals surface area (Å²) in [6.45, 7) is 1.68. The number of nitrogens with zero attached hydrogens (tertiary/aromatic N) is 1. The molecule has 0 N–H and O–H groups in total. The second-order valence-corrected chi connectivity index (χ2v) is 9.62. The Hall–Kier alpha value is -1.27. The molecule has 0 saturated carbocycles. The van der Waals surface area contributed by atoms with Gasteiger partial charge >= 0.3 is 0 Å². The van der Waals surface area contributed by atoms with Crippen molar-refractivity contribution in [3.8, 4) is 11.5 Å². The molecule has 1 aromatic carbocycles. The van der Waals surface area contributed by atoms with Gasteiger partial charge in [-0.25, -0.2) is 0 Å². The molecule has 2 heterocycles. The molecule has 0 spiro atoms. The van der Waals surface area contributed by atoms with Crippen LogP contribution in [0.2, 0.25) is 0 Å². The van der Waals surface area contributed by atoms with Crippen LogP contribution in [0.3, 0.4) is 0 Å². The number of rotatable bonds is 12. The fraction of sp³-hybridized carbons (Fsp3) is 0.708. The average molecular weight is 438 g/mol. The van der Waals surface area contributed by atoms with Crippen molar-refractivity contribution >= 4 is 17.5 Å². The minimum absolute atomic E-state index is 0.180. The molecule has 0 unspecified atom stereocenters. The smallest absolute Gasteiger partial charge is 0.161 e. The summed E-state index contributed by atoms with van der Waals surface area (Å²) in [7, 11) is 3.33. The van der Waals surface area contributed by atoms with Crippen molar-refractivity contribution in [1.82, 2.24) is 4.90 Å². The number of halogens is 1. The number of piperidine rings is 1. The van der Waals surface area contributed by atoms with E-state index in [9.17, 15) is 9.18 Å². The number of alkyl halides is 1. The van der Waals surface area contributed by atoms with Crippen LogP contribution in [-0.2, 0) is 11.2 Å². The van der Waals surface area contributed by atoms with Gasteiger partial charge in [-0.2, -0.15) is 11.8 Å². The minimum atomic E-state index is -0.217. The van der Waals surface area contributed by atoms with Crippen molar-refractivity contribution in [3.63, 3.8) is 0 Å². The molecule has 168 valence electrons. The van der Waals surface area contributed by atoms with Gasteiger partial charge in [-0.05, 0) is 48.3 Å². The SMILES string of the molecule is COc1cc2c(cc1OC)[C@@H]1CC(=O)[C@@H](CCCCCCCSCC[19F])CN1CC2. The number of unbranched alkanes of at least 4 members (excludes halogenated alkanes) is 4. The van der Waals surface area contributed by atoms with Crippen molar-refractivity contribution in [2.24, 2.45) is 5.92 Å². The third kappa shape index (κ3) is 5.91. The van der Waals surface area contributed by atoms with E-state index in [-0.39, 0.29) is 18.6 Å².